The molecule has 1 aromatic rings. The van der Waals surface area contributed by atoms with Crippen molar-refractivity contribution >= 4 is 11.6 Å². The average Bonchev–Trinajstić information content (AvgIpc) is 2.45. The molecule has 0 heterocycles. The Bertz CT molecular complexity index is 531. The highest BCUT2D eigenvalue weighted by Crippen LogP contribution is 2.23. The third-order valence-corrected chi connectivity index (χ3v) is 3.42. The number of hydrogen-bond donors (Lipinski definition) is 0. The van der Waals surface area contributed by atoms with Crippen LogP contribution in [0.5, 0.6) is 0 Å². The van der Waals surface area contributed by atoms with Gasteiger partial charge in [0.15, 0.2) is 0 Å². The summed E-state index contributed by atoms with van der Waals surface area (Å²) < 4.78 is 5.94. The van der Waals surface area contributed by atoms with Gasteiger partial charge >= 0.3 is 0 Å². The van der Waals surface area contributed by atoms with Gasteiger partial charge in [-0.25, -0.2) is 0 Å². The number of halogens is 1. The highest BCUT2D eigenvalue weighted by Gasteiger charge is 2.24. The maximum Gasteiger partial charge on any atom is 0.230 e. The lowest BCUT2D eigenvalue weighted by molar-refractivity contribution is -0.494. The van der Waals surface area contributed by atoms with E-state index < -0.39 is 12.2 Å². The van der Waals surface area contributed by atoms with Crippen molar-refractivity contribution < 1.29 is 9.66 Å². The Hall–Kier alpha value is -1.57. The first-order valence-electron chi connectivity index (χ1n) is 7.45. The molecule has 0 amide bonds. The van der Waals surface area contributed by atoms with Gasteiger partial charge in [0.05, 0.1) is 0 Å². The SMILES string of the molecule is CCCC#CC(OC(C[N+](=O)[O-])C(C)C)c1ccc(Cl)cc1. The zero-order valence-electron chi connectivity index (χ0n) is 13.2. The van der Waals surface area contributed by atoms with Crippen LogP contribution in [0.1, 0.15) is 45.3 Å². The second kappa shape index (κ2) is 9.45. The number of nitro groups is 1. The molecule has 4 nitrogen and oxygen atoms in total. The average molecular weight is 324 g/mol. The third-order valence-electron chi connectivity index (χ3n) is 3.16. The van der Waals surface area contributed by atoms with Gasteiger partial charge in [-0.05, 0) is 30.0 Å². The van der Waals surface area contributed by atoms with Gasteiger partial charge in [-0.2, -0.15) is 0 Å². The lowest BCUT2D eigenvalue weighted by atomic mass is 10.1. The summed E-state index contributed by atoms with van der Waals surface area (Å²) in [4.78, 5) is 10.5. The van der Waals surface area contributed by atoms with Crippen LogP contribution in [0.15, 0.2) is 24.3 Å². The summed E-state index contributed by atoms with van der Waals surface area (Å²) in [6, 6.07) is 7.23. The molecule has 0 aliphatic rings. The van der Waals surface area contributed by atoms with Gasteiger partial charge in [0.25, 0.3) is 0 Å². The zero-order chi connectivity index (χ0) is 16.5. The van der Waals surface area contributed by atoms with Crippen molar-refractivity contribution in [3.63, 3.8) is 0 Å². The largest absolute Gasteiger partial charge is 0.350 e. The Morgan fingerprint density at radius 3 is 2.45 bits per heavy atom. The molecule has 0 spiro atoms. The van der Waals surface area contributed by atoms with Gasteiger partial charge < -0.3 is 4.74 Å². The number of rotatable bonds is 7. The standard InChI is InChI=1S/C17H22ClNO3/c1-4-5-6-7-16(14-8-10-15(18)11-9-14)22-17(13(2)3)12-19(20)21/h8-11,13,16-17H,4-5,12H2,1-3H3. The molecule has 2 unspecified atom stereocenters. The second-order valence-corrected chi connectivity index (χ2v) is 5.87. The molecule has 1 aromatic carbocycles. The number of hydrogen-bond acceptors (Lipinski definition) is 3. The summed E-state index contributed by atoms with van der Waals surface area (Å²) in [5.41, 5.74) is 0.863. The number of benzene rings is 1. The van der Waals surface area contributed by atoms with Gasteiger partial charge in [-0.3, -0.25) is 10.1 Å². The van der Waals surface area contributed by atoms with E-state index in [1.54, 1.807) is 12.1 Å². The Kier molecular flexibility index (Phi) is 7.94. The van der Waals surface area contributed by atoms with E-state index in [1.165, 1.54) is 0 Å². The van der Waals surface area contributed by atoms with Gasteiger partial charge in [0.2, 0.25) is 6.54 Å². The van der Waals surface area contributed by atoms with Gasteiger partial charge in [0, 0.05) is 16.4 Å². The summed E-state index contributed by atoms with van der Waals surface area (Å²) in [6.07, 6.45) is 0.778. The van der Waals surface area contributed by atoms with E-state index in [2.05, 4.69) is 18.8 Å². The number of nitrogens with zero attached hydrogens (tertiary/aromatic N) is 1. The monoisotopic (exact) mass is 323 g/mol. The molecular weight excluding hydrogens is 302 g/mol. The summed E-state index contributed by atoms with van der Waals surface area (Å²) >= 11 is 5.90. The molecule has 1 rings (SSSR count). The third kappa shape index (κ3) is 6.46. The van der Waals surface area contributed by atoms with Crippen molar-refractivity contribution in [2.45, 2.75) is 45.8 Å². The predicted octanol–water partition coefficient (Wildman–Crippen LogP) is 4.50. The molecule has 0 bridgehead atoms. The van der Waals surface area contributed by atoms with Crippen molar-refractivity contribution in [1.82, 2.24) is 0 Å². The first-order chi connectivity index (χ1) is 10.4. The minimum Gasteiger partial charge on any atom is -0.350 e. The van der Waals surface area contributed by atoms with Crippen molar-refractivity contribution in [2.24, 2.45) is 5.92 Å². The molecule has 120 valence electrons. The molecule has 0 aliphatic heterocycles. The van der Waals surface area contributed by atoms with Crippen LogP contribution in [0, 0.1) is 27.9 Å². The second-order valence-electron chi connectivity index (χ2n) is 5.44. The van der Waals surface area contributed by atoms with Gasteiger partial charge in [-0.1, -0.05) is 50.4 Å². The molecule has 0 N–H and O–H groups in total. The first kappa shape index (κ1) is 18.5. The summed E-state index contributed by atoms with van der Waals surface area (Å²) in [5, 5.41) is 11.4. The van der Waals surface area contributed by atoms with Crippen LogP contribution >= 0.6 is 11.6 Å². The van der Waals surface area contributed by atoms with E-state index >= 15 is 0 Å². The van der Waals surface area contributed by atoms with Crippen LogP contribution in [-0.4, -0.2) is 17.6 Å². The summed E-state index contributed by atoms with van der Waals surface area (Å²) in [6.45, 7) is 5.65. The molecule has 0 aromatic heterocycles. The van der Waals surface area contributed by atoms with Crippen LogP contribution in [-0.2, 0) is 4.74 Å². The van der Waals surface area contributed by atoms with E-state index in [0.717, 1.165) is 18.4 Å². The van der Waals surface area contributed by atoms with Crippen molar-refractivity contribution in [3.8, 4) is 11.8 Å². The zero-order valence-corrected chi connectivity index (χ0v) is 14.0. The van der Waals surface area contributed by atoms with Crippen molar-refractivity contribution in [2.75, 3.05) is 6.54 Å². The lowest BCUT2D eigenvalue weighted by Crippen LogP contribution is -2.30. The van der Waals surface area contributed by atoms with Crippen LogP contribution in [0.4, 0.5) is 0 Å². The molecule has 22 heavy (non-hydrogen) atoms. The molecule has 0 aliphatic carbocycles. The van der Waals surface area contributed by atoms with Crippen LogP contribution in [0.2, 0.25) is 5.02 Å². The fourth-order valence-corrected chi connectivity index (χ4v) is 1.98. The lowest BCUT2D eigenvalue weighted by Gasteiger charge is -2.22. The quantitative estimate of drug-likeness (QED) is 0.421. The topological polar surface area (TPSA) is 52.4 Å². The van der Waals surface area contributed by atoms with Crippen LogP contribution in [0.25, 0.3) is 0 Å². The van der Waals surface area contributed by atoms with Crippen LogP contribution < -0.4 is 0 Å². The minimum atomic E-state index is -0.480. The number of unbranched alkanes of at least 4 members (excludes halogenated alkanes) is 1. The van der Waals surface area contributed by atoms with Crippen LogP contribution in [0.3, 0.4) is 0 Å². The fraction of sp³-hybridized carbons (Fsp3) is 0.529. The highest BCUT2D eigenvalue weighted by atomic mass is 35.5. The Morgan fingerprint density at radius 1 is 1.32 bits per heavy atom. The van der Waals surface area contributed by atoms with E-state index in [1.807, 2.05) is 26.0 Å². The number of ether oxygens (including phenoxy) is 1. The maximum atomic E-state index is 10.8. The Morgan fingerprint density at radius 2 is 1.95 bits per heavy atom. The van der Waals surface area contributed by atoms with Gasteiger partial charge in [0.1, 0.15) is 12.2 Å². The van der Waals surface area contributed by atoms with Crippen molar-refractivity contribution in [3.05, 3.63) is 45.0 Å². The highest BCUT2D eigenvalue weighted by molar-refractivity contribution is 6.30. The normalized spacial score (nSPS) is 13.3. The van der Waals surface area contributed by atoms with E-state index in [0.29, 0.717) is 5.02 Å². The molecule has 0 fully saturated rings. The van der Waals surface area contributed by atoms with Crippen molar-refractivity contribution in [1.29, 1.82) is 0 Å². The van der Waals surface area contributed by atoms with E-state index in [-0.39, 0.29) is 17.4 Å². The van der Waals surface area contributed by atoms with Gasteiger partial charge in [-0.15, -0.1) is 5.92 Å². The molecule has 0 saturated heterocycles. The maximum absolute atomic E-state index is 10.8. The fourth-order valence-electron chi connectivity index (χ4n) is 1.86. The first-order valence-corrected chi connectivity index (χ1v) is 7.83. The molecular formula is C17H22ClNO3. The van der Waals surface area contributed by atoms with E-state index in [9.17, 15) is 10.1 Å². The smallest absolute Gasteiger partial charge is 0.230 e. The Balaban J connectivity index is 2.96. The van der Waals surface area contributed by atoms with E-state index in [4.69, 9.17) is 16.3 Å². The summed E-state index contributed by atoms with van der Waals surface area (Å²) in [7, 11) is 0. The molecule has 2 atom stereocenters. The predicted molar refractivity (Wildman–Crippen MR) is 88.4 cm³/mol. The Labute approximate surface area is 137 Å². The molecule has 5 heteroatoms. The molecule has 0 radical (unpaired) electrons. The minimum absolute atomic E-state index is 0.0353. The molecule has 0 saturated carbocycles. The summed E-state index contributed by atoms with van der Waals surface area (Å²) in [5.74, 6) is 6.18.